The van der Waals surface area contributed by atoms with Gasteiger partial charge in [0, 0.05) is 27.8 Å². The summed E-state index contributed by atoms with van der Waals surface area (Å²) in [5.74, 6) is 0. The van der Waals surface area contributed by atoms with Gasteiger partial charge in [0.15, 0.2) is 0 Å². The molecule has 0 saturated heterocycles. The van der Waals surface area contributed by atoms with E-state index >= 15 is 0 Å². The van der Waals surface area contributed by atoms with Gasteiger partial charge in [-0.15, -0.1) is 0 Å². The lowest BCUT2D eigenvalue weighted by atomic mass is 10.1. The van der Waals surface area contributed by atoms with Crippen LogP contribution in [0.1, 0.15) is 18.5 Å². The van der Waals surface area contributed by atoms with E-state index in [2.05, 4.69) is 90.4 Å². The van der Waals surface area contributed by atoms with E-state index in [1.165, 1.54) is 27.4 Å². The normalized spacial score (nSPS) is 12.8. The van der Waals surface area contributed by atoms with Crippen LogP contribution in [0.4, 0.5) is 0 Å². The van der Waals surface area contributed by atoms with E-state index in [1.807, 2.05) is 0 Å². The first-order valence-corrected chi connectivity index (χ1v) is 7.86. The lowest BCUT2D eigenvalue weighted by Crippen LogP contribution is -2.07. The summed E-state index contributed by atoms with van der Waals surface area (Å²) in [5, 5.41) is 2.69. The second-order valence-corrected chi connectivity index (χ2v) is 5.94. The molecule has 1 heterocycles. The highest BCUT2D eigenvalue weighted by Gasteiger charge is 2.14. The third kappa shape index (κ3) is 2.10. The van der Waals surface area contributed by atoms with Crippen molar-refractivity contribution in [3.05, 3.63) is 84.4 Å². The fourth-order valence-electron chi connectivity index (χ4n) is 3.47. The van der Waals surface area contributed by atoms with Gasteiger partial charge in [-0.25, -0.2) is 0 Å². The molecule has 1 aromatic heterocycles. The van der Waals surface area contributed by atoms with Gasteiger partial charge in [-0.05, 0) is 31.0 Å². The van der Waals surface area contributed by atoms with Gasteiger partial charge in [0.2, 0.25) is 0 Å². The van der Waals surface area contributed by atoms with Crippen LogP contribution in [-0.2, 0) is 6.42 Å². The van der Waals surface area contributed by atoms with Crippen LogP contribution in [0.15, 0.2) is 78.9 Å². The monoisotopic (exact) mass is 285 g/mol. The maximum atomic E-state index is 2.48. The number of fused-ring (bicyclic) bond motifs is 3. The summed E-state index contributed by atoms with van der Waals surface area (Å²) in [7, 11) is 0. The van der Waals surface area contributed by atoms with E-state index < -0.39 is 0 Å². The Hall–Kier alpha value is -2.54. The summed E-state index contributed by atoms with van der Waals surface area (Å²) in [6, 6.07) is 28.6. The SMILES string of the molecule is CC(Cc1ccccc1)n1c2ccccc2c2ccccc21. The highest BCUT2D eigenvalue weighted by Crippen LogP contribution is 2.32. The largest absolute Gasteiger partial charge is 0.337 e. The van der Waals surface area contributed by atoms with E-state index in [0.717, 1.165) is 6.42 Å². The van der Waals surface area contributed by atoms with Crippen molar-refractivity contribution >= 4 is 21.8 Å². The van der Waals surface area contributed by atoms with E-state index in [-0.39, 0.29) is 0 Å². The zero-order valence-electron chi connectivity index (χ0n) is 12.7. The molecule has 0 radical (unpaired) electrons. The maximum absolute atomic E-state index is 2.48. The highest BCUT2D eigenvalue weighted by molar-refractivity contribution is 6.08. The zero-order chi connectivity index (χ0) is 14.9. The van der Waals surface area contributed by atoms with Crippen LogP contribution in [0.2, 0.25) is 0 Å². The summed E-state index contributed by atoms with van der Waals surface area (Å²) in [4.78, 5) is 0. The number of aromatic nitrogens is 1. The Bertz CT molecular complexity index is 865. The number of hydrogen-bond donors (Lipinski definition) is 0. The van der Waals surface area contributed by atoms with Crippen LogP contribution < -0.4 is 0 Å². The molecule has 0 aliphatic heterocycles. The molecule has 22 heavy (non-hydrogen) atoms. The minimum atomic E-state index is 0.423. The Morgan fingerprint density at radius 1 is 0.682 bits per heavy atom. The molecule has 0 aliphatic carbocycles. The van der Waals surface area contributed by atoms with Crippen molar-refractivity contribution in [2.45, 2.75) is 19.4 Å². The summed E-state index contributed by atoms with van der Waals surface area (Å²) < 4.78 is 2.48. The van der Waals surface area contributed by atoms with Gasteiger partial charge in [0.25, 0.3) is 0 Å². The van der Waals surface area contributed by atoms with Gasteiger partial charge in [-0.3, -0.25) is 0 Å². The van der Waals surface area contributed by atoms with Crippen molar-refractivity contribution in [2.24, 2.45) is 0 Å². The number of benzene rings is 3. The number of nitrogens with zero attached hydrogens (tertiary/aromatic N) is 1. The van der Waals surface area contributed by atoms with Crippen LogP contribution in [0, 0.1) is 0 Å². The number of hydrogen-bond acceptors (Lipinski definition) is 0. The Morgan fingerprint density at radius 2 is 1.18 bits per heavy atom. The summed E-state index contributed by atoms with van der Waals surface area (Å²) in [6.45, 7) is 2.31. The Balaban J connectivity index is 1.89. The van der Waals surface area contributed by atoms with Crippen molar-refractivity contribution in [1.29, 1.82) is 0 Å². The van der Waals surface area contributed by atoms with E-state index in [4.69, 9.17) is 0 Å². The first-order chi connectivity index (χ1) is 10.8. The topological polar surface area (TPSA) is 4.93 Å². The van der Waals surface area contributed by atoms with Gasteiger partial charge < -0.3 is 4.57 Å². The molecule has 1 atom stereocenters. The molecule has 1 heteroatoms. The molecular formula is C21H19N. The van der Waals surface area contributed by atoms with Crippen molar-refractivity contribution < 1.29 is 0 Å². The molecule has 0 saturated carbocycles. The molecule has 0 N–H and O–H groups in total. The molecule has 0 fully saturated rings. The fraction of sp³-hybridized carbons (Fsp3) is 0.143. The maximum Gasteiger partial charge on any atom is 0.0493 e. The Morgan fingerprint density at radius 3 is 1.77 bits per heavy atom. The Kier molecular flexibility index (Phi) is 3.19. The first-order valence-electron chi connectivity index (χ1n) is 7.86. The first kappa shape index (κ1) is 13.1. The van der Waals surface area contributed by atoms with Crippen molar-refractivity contribution in [2.75, 3.05) is 0 Å². The average molecular weight is 285 g/mol. The molecule has 4 rings (SSSR count). The van der Waals surface area contributed by atoms with Crippen molar-refractivity contribution in [1.82, 2.24) is 4.57 Å². The Labute approximate surface area is 130 Å². The van der Waals surface area contributed by atoms with Crippen LogP contribution in [-0.4, -0.2) is 4.57 Å². The van der Waals surface area contributed by atoms with Gasteiger partial charge >= 0.3 is 0 Å². The lowest BCUT2D eigenvalue weighted by molar-refractivity contribution is 0.579. The summed E-state index contributed by atoms with van der Waals surface area (Å²) >= 11 is 0. The number of para-hydroxylation sites is 2. The lowest BCUT2D eigenvalue weighted by Gasteiger charge is -2.17. The van der Waals surface area contributed by atoms with Crippen LogP contribution in [0.5, 0.6) is 0 Å². The fourth-order valence-corrected chi connectivity index (χ4v) is 3.47. The molecule has 0 bridgehead atoms. The average Bonchev–Trinajstić information content (AvgIpc) is 2.90. The molecule has 4 aromatic rings. The molecule has 3 aromatic carbocycles. The van der Waals surface area contributed by atoms with Gasteiger partial charge in [0.1, 0.15) is 0 Å². The van der Waals surface area contributed by atoms with E-state index in [9.17, 15) is 0 Å². The minimum Gasteiger partial charge on any atom is -0.337 e. The molecule has 0 aliphatic rings. The van der Waals surface area contributed by atoms with Crippen molar-refractivity contribution in [3.63, 3.8) is 0 Å². The predicted octanol–water partition coefficient (Wildman–Crippen LogP) is 5.60. The molecular weight excluding hydrogens is 266 g/mol. The summed E-state index contributed by atoms with van der Waals surface area (Å²) in [5.41, 5.74) is 4.04. The second-order valence-electron chi connectivity index (χ2n) is 5.94. The quantitative estimate of drug-likeness (QED) is 0.462. The predicted molar refractivity (Wildman–Crippen MR) is 94.3 cm³/mol. The van der Waals surface area contributed by atoms with E-state index in [1.54, 1.807) is 0 Å². The molecule has 108 valence electrons. The van der Waals surface area contributed by atoms with E-state index in [0.29, 0.717) is 6.04 Å². The molecule has 1 unspecified atom stereocenters. The van der Waals surface area contributed by atoms with Crippen LogP contribution in [0.25, 0.3) is 21.8 Å². The van der Waals surface area contributed by atoms with Crippen LogP contribution >= 0.6 is 0 Å². The highest BCUT2D eigenvalue weighted by atomic mass is 15.0. The van der Waals surface area contributed by atoms with Gasteiger partial charge in [-0.2, -0.15) is 0 Å². The minimum absolute atomic E-state index is 0.423. The summed E-state index contributed by atoms with van der Waals surface area (Å²) in [6.07, 6.45) is 1.05. The zero-order valence-corrected chi connectivity index (χ0v) is 12.7. The van der Waals surface area contributed by atoms with Crippen molar-refractivity contribution in [3.8, 4) is 0 Å². The van der Waals surface area contributed by atoms with Crippen LogP contribution in [0.3, 0.4) is 0 Å². The third-order valence-electron chi connectivity index (χ3n) is 4.43. The number of rotatable bonds is 3. The molecule has 1 nitrogen and oxygen atoms in total. The molecule has 0 amide bonds. The molecule has 0 spiro atoms. The smallest absolute Gasteiger partial charge is 0.0493 e. The van der Waals surface area contributed by atoms with Gasteiger partial charge in [-0.1, -0.05) is 66.7 Å². The third-order valence-corrected chi connectivity index (χ3v) is 4.43. The second kappa shape index (κ2) is 5.34. The standard InChI is InChI=1S/C21H19N/c1-16(15-17-9-3-2-4-10-17)22-20-13-7-5-11-18(20)19-12-6-8-14-21(19)22/h2-14,16H,15H2,1H3. The van der Waals surface area contributed by atoms with Gasteiger partial charge in [0.05, 0.1) is 0 Å².